The molecule has 0 bridgehead atoms. The molecule has 0 aliphatic carbocycles. The van der Waals surface area contributed by atoms with Crippen LogP contribution in [0.15, 0.2) is 0 Å². The summed E-state index contributed by atoms with van der Waals surface area (Å²) in [6.07, 6.45) is 3.07. The van der Waals surface area contributed by atoms with Gasteiger partial charge in [0.25, 0.3) is 0 Å². The van der Waals surface area contributed by atoms with Gasteiger partial charge >= 0.3 is 5.97 Å². The largest absolute Gasteiger partial charge is 0.480 e. The third-order valence-electron chi connectivity index (χ3n) is 2.35. The smallest absolute Gasteiger partial charge is 0.327 e. The Kier molecular flexibility index (Phi) is 15.7. The fraction of sp³-hybridized carbons (Fsp3) is 0.846. The number of likely N-dealkylation sites (N-methyl/N-ethyl adjacent to an activating group) is 1. The first-order chi connectivity index (χ1) is 9.52. The number of carboxylic acid groups (broad SMARTS) is 1. The van der Waals surface area contributed by atoms with Gasteiger partial charge in [-0.2, -0.15) is 11.8 Å². The Morgan fingerprint density at radius 2 is 1.80 bits per heavy atom. The van der Waals surface area contributed by atoms with E-state index in [4.69, 9.17) is 9.84 Å². The van der Waals surface area contributed by atoms with Gasteiger partial charge in [0.05, 0.1) is 6.04 Å². The second-order valence-electron chi connectivity index (χ2n) is 3.83. The normalized spacial score (nSPS) is 15.2. The number of carboxylic acids is 1. The van der Waals surface area contributed by atoms with Crippen LogP contribution in [0, 0.1) is 0 Å². The first-order valence-corrected chi connectivity index (χ1v) is 8.19. The number of ether oxygens (including phenoxy) is 1. The van der Waals surface area contributed by atoms with Gasteiger partial charge in [-0.25, -0.2) is 4.79 Å². The van der Waals surface area contributed by atoms with E-state index >= 15 is 0 Å². The van der Waals surface area contributed by atoms with Crippen LogP contribution < -0.4 is 10.6 Å². The highest BCUT2D eigenvalue weighted by Gasteiger charge is 2.21. The van der Waals surface area contributed by atoms with Crippen molar-refractivity contribution in [1.82, 2.24) is 10.6 Å². The summed E-state index contributed by atoms with van der Waals surface area (Å²) in [5, 5.41) is 13.9. The number of amides is 1. The van der Waals surface area contributed by atoms with E-state index in [9.17, 15) is 9.59 Å². The van der Waals surface area contributed by atoms with Gasteiger partial charge in [-0.05, 0) is 26.6 Å². The summed E-state index contributed by atoms with van der Waals surface area (Å²) in [5.74, 6) is -0.928. The van der Waals surface area contributed by atoms with Crippen molar-refractivity contribution in [2.75, 3.05) is 32.3 Å². The minimum atomic E-state index is -1.00. The minimum absolute atomic E-state index is 0.297. The topological polar surface area (TPSA) is 87.7 Å². The Morgan fingerprint density at radius 1 is 1.35 bits per heavy atom. The molecule has 2 atom stereocenters. The number of hydrogen-bond donors (Lipinski definition) is 3. The lowest BCUT2D eigenvalue weighted by molar-refractivity contribution is -0.141. The summed E-state index contributed by atoms with van der Waals surface area (Å²) in [6, 6.07) is -1.19. The first kappa shape index (κ1) is 21.5. The number of rotatable bonds is 6. The highest BCUT2D eigenvalue weighted by Crippen LogP contribution is 1.98. The van der Waals surface area contributed by atoms with Gasteiger partial charge in [0.1, 0.15) is 6.04 Å². The summed E-state index contributed by atoms with van der Waals surface area (Å²) in [6.45, 7) is 7.67. The molecule has 3 N–H and O–H groups in total. The summed E-state index contributed by atoms with van der Waals surface area (Å²) in [4.78, 5) is 22.0. The van der Waals surface area contributed by atoms with Crippen LogP contribution >= 0.6 is 11.8 Å². The van der Waals surface area contributed by atoms with Crippen LogP contribution in [0.3, 0.4) is 0 Å². The van der Waals surface area contributed by atoms with E-state index < -0.39 is 12.0 Å². The van der Waals surface area contributed by atoms with Crippen molar-refractivity contribution in [3.8, 4) is 0 Å². The van der Waals surface area contributed by atoms with Gasteiger partial charge in [-0.3, -0.25) is 4.79 Å². The van der Waals surface area contributed by atoms with Crippen LogP contribution in [0.25, 0.3) is 0 Å². The first-order valence-electron chi connectivity index (χ1n) is 6.80. The van der Waals surface area contributed by atoms with E-state index in [1.807, 2.05) is 13.8 Å². The predicted molar refractivity (Wildman–Crippen MR) is 83.3 cm³/mol. The third kappa shape index (κ3) is 11.1. The van der Waals surface area contributed by atoms with Gasteiger partial charge in [0.15, 0.2) is 0 Å². The SMILES string of the molecule is C1COC1.CC.CNC(C)C(=O)N[C@@H](CSC)C(=O)O. The zero-order valence-electron chi connectivity index (χ0n) is 13.1. The number of hydrogen-bond acceptors (Lipinski definition) is 5. The molecule has 1 fully saturated rings. The van der Waals surface area contributed by atoms with Gasteiger partial charge in [-0.1, -0.05) is 13.8 Å². The maximum Gasteiger partial charge on any atom is 0.327 e. The summed E-state index contributed by atoms with van der Waals surface area (Å²) < 4.78 is 4.72. The third-order valence-corrected chi connectivity index (χ3v) is 3.02. The van der Waals surface area contributed by atoms with E-state index in [2.05, 4.69) is 10.6 Å². The molecule has 0 aromatic heterocycles. The molecule has 1 unspecified atom stereocenters. The van der Waals surface area contributed by atoms with Crippen molar-refractivity contribution >= 4 is 23.6 Å². The lowest BCUT2D eigenvalue weighted by atomic mass is 10.2. The van der Waals surface area contributed by atoms with Gasteiger partial charge in [0, 0.05) is 19.0 Å². The van der Waals surface area contributed by atoms with Crippen molar-refractivity contribution in [3.05, 3.63) is 0 Å². The molecule has 0 spiro atoms. The van der Waals surface area contributed by atoms with Crippen molar-refractivity contribution in [3.63, 3.8) is 0 Å². The molecule has 20 heavy (non-hydrogen) atoms. The number of carbonyl (C=O) groups is 2. The second kappa shape index (κ2) is 14.6. The molecular weight excluding hydrogens is 280 g/mol. The van der Waals surface area contributed by atoms with E-state index in [0.29, 0.717) is 5.75 Å². The lowest BCUT2D eigenvalue weighted by Crippen LogP contribution is -2.49. The number of nitrogens with one attached hydrogen (secondary N) is 2. The number of carbonyl (C=O) groups excluding carboxylic acids is 1. The van der Waals surface area contributed by atoms with Crippen LogP contribution in [0.1, 0.15) is 27.2 Å². The quantitative estimate of drug-likeness (QED) is 0.677. The van der Waals surface area contributed by atoms with E-state index in [1.54, 1.807) is 20.2 Å². The molecule has 0 aromatic carbocycles. The number of aliphatic carboxylic acids is 1. The Balaban J connectivity index is 0. The Morgan fingerprint density at radius 3 is 2.05 bits per heavy atom. The van der Waals surface area contributed by atoms with Gasteiger partial charge in [-0.15, -0.1) is 0 Å². The molecule has 6 nitrogen and oxygen atoms in total. The Labute approximate surface area is 126 Å². The van der Waals surface area contributed by atoms with Gasteiger partial charge < -0.3 is 20.5 Å². The summed E-state index contributed by atoms with van der Waals surface area (Å²) in [7, 11) is 1.65. The monoisotopic (exact) mass is 308 g/mol. The molecule has 0 aromatic rings. The molecule has 1 aliphatic rings. The summed E-state index contributed by atoms with van der Waals surface area (Å²) in [5.41, 5.74) is 0. The maximum absolute atomic E-state index is 11.3. The average molecular weight is 308 g/mol. The van der Waals surface area contributed by atoms with Crippen molar-refractivity contribution in [2.45, 2.75) is 39.3 Å². The zero-order chi connectivity index (χ0) is 16.0. The highest BCUT2D eigenvalue weighted by molar-refractivity contribution is 7.98. The molecular formula is C13H28N2O4S. The van der Waals surface area contributed by atoms with Crippen LogP contribution in [0.2, 0.25) is 0 Å². The van der Waals surface area contributed by atoms with Crippen molar-refractivity contribution in [2.24, 2.45) is 0 Å². The minimum Gasteiger partial charge on any atom is -0.480 e. The van der Waals surface area contributed by atoms with Crippen LogP contribution in [-0.4, -0.2) is 61.3 Å². The average Bonchev–Trinajstić information content (AvgIpc) is 2.37. The predicted octanol–water partition coefficient (Wildman–Crippen LogP) is 0.960. The van der Waals surface area contributed by atoms with Crippen LogP contribution in [0.5, 0.6) is 0 Å². The van der Waals surface area contributed by atoms with Gasteiger partial charge in [0.2, 0.25) is 5.91 Å². The van der Waals surface area contributed by atoms with E-state index in [0.717, 1.165) is 13.2 Å². The molecule has 120 valence electrons. The summed E-state index contributed by atoms with van der Waals surface area (Å²) >= 11 is 1.38. The molecule has 0 saturated carbocycles. The Hall–Kier alpha value is -0.790. The zero-order valence-corrected chi connectivity index (χ0v) is 13.9. The van der Waals surface area contributed by atoms with E-state index in [1.165, 1.54) is 18.2 Å². The second-order valence-corrected chi connectivity index (χ2v) is 4.74. The maximum atomic E-state index is 11.3. The molecule has 1 heterocycles. The van der Waals surface area contributed by atoms with E-state index in [-0.39, 0.29) is 11.9 Å². The highest BCUT2D eigenvalue weighted by atomic mass is 32.2. The lowest BCUT2D eigenvalue weighted by Gasteiger charge is -2.16. The Bertz CT molecular complexity index is 257. The fourth-order valence-electron chi connectivity index (χ4n) is 0.914. The molecule has 0 radical (unpaired) electrons. The molecule has 1 saturated heterocycles. The van der Waals surface area contributed by atoms with Crippen molar-refractivity contribution in [1.29, 1.82) is 0 Å². The standard InChI is InChI=1S/C8H16N2O3S.C3H6O.C2H6/c1-5(9-2)7(11)10-6(4-14-3)8(12)13;1-2-4-3-1;1-2/h5-6,9H,4H2,1-3H3,(H,10,11)(H,12,13);1-3H2;1-2H3/t5?,6-;;/m0../s1. The molecule has 1 amide bonds. The fourth-order valence-corrected chi connectivity index (χ4v) is 1.47. The molecule has 1 aliphatic heterocycles. The van der Waals surface area contributed by atoms with Crippen LogP contribution in [-0.2, 0) is 14.3 Å². The van der Waals surface area contributed by atoms with Crippen LogP contribution in [0.4, 0.5) is 0 Å². The molecule has 7 heteroatoms. The molecule has 1 rings (SSSR count). The number of thioether (sulfide) groups is 1. The van der Waals surface area contributed by atoms with Crippen molar-refractivity contribution < 1.29 is 19.4 Å².